The predicted octanol–water partition coefficient (Wildman–Crippen LogP) is 4.09. The molecule has 0 atom stereocenters. The molecule has 3 aromatic heterocycles. The summed E-state index contributed by atoms with van der Waals surface area (Å²) >= 11 is 0. The van der Waals surface area contributed by atoms with Crippen LogP contribution >= 0.6 is 12.4 Å². The van der Waals surface area contributed by atoms with Crippen molar-refractivity contribution in [3.8, 4) is 17.0 Å². The summed E-state index contributed by atoms with van der Waals surface area (Å²) < 4.78 is 33.9. The second kappa shape index (κ2) is 5.20. The number of benzene rings is 1. The standard InChI is InChI=1S/C15H9F2N3O2.ClH/c1-6-10-12-11(8(16)4-9(21)13(12)17)14(7-2-3-22-5-7)18-15(10)20-19-6;/h2-5,21H,1H3,(H,18,19,20);1H. The molecule has 0 unspecified atom stereocenters. The van der Waals surface area contributed by atoms with E-state index in [0.717, 1.165) is 6.07 Å². The number of rotatable bonds is 1. The van der Waals surface area contributed by atoms with Gasteiger partial charge in [-0.25, -0.2) is 13.8 Å². The molecule has 0 aliphatic rings. The van der Waals surface area contributed by atoms with Crippen molar-refractivity contribution < 1.29 is 18.3 Å². The molecule has 0 aliphatic carbocycles. The summed E-state index contributed by atoms with van der Waals surface area (Å²) in [4.78, 5) is 4.33. The van der Waals surface area contributed by atoms with Crippen molar-refractivity contribution in [3.63, 3.8) is 0 Å². The molecule has 8 heteroatoms. The first kappa shape index (κ1) is 15.2. The third kappa shape index (κ3) is 2.04. The lowest BCUT2D eigenvalue weighted by Gasteiger charge is -2.09. The van der Waals surface area contributed by atoms with Crippen LogP contribution in [0.2, 0.25) is 0 Å². The number of aryl methyl sites for hydroxylation is 1. The Balaban J connectivity index is 0.00000156. The number of phenolic OH excluding ortho intramolecular Hbond substituents is 1. The molecule has 4 aromatic rings. The zero-order chi connectivity index (χ0) is 15.4. The fourth-order valence-corrected chi connectivity index (χ4v) is 2.66. The molecule has 118 valence electrons. The minimum absolute atomic E-state index is 0. The molecule has 0 fully saturated rings. The van der Waals surface area contributed by atoms with E-state index in [2.05, 4.69) is 15.2 Å². The number of halogens is 3. The number of hydrogen-bond acceptors (Lipinski definition) is 4. The third-order valence-electron chi connectivity index (χ3n) is 3.63. The number of nitrogens with one attached hydrogen (secondary N) is 1. The number of aromatic amines is 1. The maximum atomic E-state index is 14.5. The summed E-state index contributed by atoms with van der Waals surface area (Å²) in [7, 11) is 0. The van der Waals surface area contributed by atoms with Crippen LogP contribution in [0.3, 0.4) is 0 Å². The Bertz CT molecular complexity index is 1030. The van der Waals surface area contributed by atoms with Crippen LogP contribution in [0.1, 0.15) is 5.69 Å². The summed E-state index contributed by atoms with van der Waals surface area (Å²) in [5.74, 6) is -2.42. The molecule has 4 rings (SSSR count). The molecule has 0 saturated heterocycles. The lowest BCUT2D eigenvalue weighted by atomic mass is 10.0. The molecule has 5 nitrogen and oxygen atoms in total. The van der Waals surface area contributed by atoms with Gasteiger partial charge in [-0.2, -0.15) is 5.10 Å². The van der Waals surface area contributed by atoms with E-state index < -0.39 is 17.4 Å². The Morgan fingerprint density at radius 2 is 2.00 bits per heavy atom. The number of fused-ring (bicyclic) bond motifs is 3. The average molecular weight is 338 g/mol. The summed E-state index contributed by atoms with van der Waals surface area (Å²) in [6, 6.07) is 2.34. The first-order valence-corrected chi connectivity index (χ1v) is 6.46. The van der Waals surface area contributed by atoms with Crippen molar-refractivity contribution in [1.29, 1.82) is 0 Å². The van der Waals surface area contributed by atoms with Gasteiger partial charge in [0.2, 0.25) is 0 Å². The molecule has 0 amide bonds. The van der Waals surface area contributed by atoms with Crippen molar-refractivity contribution in [1.82, 2.24) is 15.2 Å². The molecule has 0 saturated carbocycles. The largest absolute Gasteiger partial charge is 0.505 e. The highest BCUT2D eigenvalue weighted by atomic mass is 35.5. The fraction of sp³-hybridized carbons (Fsp3) is 0.0667. The number of phenols is 1. The zero-order valence-corrected chi connectivity index (χ0v) is 12.5. The van der Waals surface area contributed by atoms with Crippen LogP contribution < -0.4 is 0 Å². The summed E-state index contributed by atoms with van der Waals surface area (Å²) in [6.45, 7) is 1.65. The van der Waals surface area contributed by atoms with Gasteiger partial charge in [0.25, 0.3) is 0 Å². The van der Waals surface area contributed by atoms with Gasteiger partial charge < -0.3 is 9.52 Å². The number of aromatic hydroxyl groups is 1. The van der Waals surface area contributed by atoms with Crippen LogP contribution in [-0.4, -0.2) is 20.3 Å². The molecule has 0 radical (unpaired) electrons. The SMILES string of the molecule is Cc1n[nH]c2nc(-c3ccoc3)c3c(F)cc(O)c(F)c3c12.Cl. The molecular formula is C15H10ClF2N3O2. The van der Waals surface area contributed by atoms with E-state index >= 15 is 0 Å². The molecular weight excluding hydrogens is 328 g/mol. The highest BCUT2D eigenvalue weighted by Crippen LogP contribution is 2.39. The highest BCUT2D eigenvalue weighted by molar-refractivity contribution is 6.12. The van der Waals surface area contributed by atoms with Gasteiger partial charge in [-0.15, -0.1) is 12.4 Å². The van der Waals surface area contributed by atoms with Crippen molar-refractivity contribution in [3.05, 3.63) is 42.0 Å². The topological polar surface area (TPSA) is 74.9 Å². The van der Waals surface area contributed by atoms with E-state index in [9.17, 15) is 13.9 Å². The number of aromatic nitrogens is 3. The Labute approximate surface area is 134 Å². The minimum atomic E-state index is -0.905. The first-order chi connectivity index (χ1) is 10.6. The normalized spacial score (nSPS) is 11.1. The molecule has 0 bridgehead atoms. The number of pyridine rings is 1. The first-order valence-electron chi connectivity index (χ1n) is 6.46. The van der Waals surface area contributed by atoms with Crippen LogP contribution in [0.25, 0.3) is 33.1 Å². The Hall–Kier alpha value is -2.67. The van der Waals surface area contributed by atoms with Gasteiger partial charge in [0.05, 0.1) is 29.3 Å². The lowest BCUT2D eigenvalue weighted by molar-refractivity contribution is 0.431. The van der Waals surface area contributed by atoms with E-state index in [1.807, 2.05) is 0 Å². The van der Waals surface area contributed by atoms with Gasteiger partial charge in [0.1, 0.15) is 5.82 Å². The van der Waals surface area contributed by atoms with Crippen LogP contribution in [0.5, 0.6) is 5.75 Å². The van der Waals surface area contributed by atoms with E-state index in [4.69, 9.17) is 4.42 Å². The van der Waals surface area contributed by atoms with Crippen molar-refractivity contribution in [2.45, 2.75) is 6.92 Å². The number of H-pyrrole nitrogens is 1. The van der Waals surface area contributed by atoms with E-state index in [1.165, 1.54) is 12.5 Å². The van der Waals surface area contributed by atoms with Gasteiger partial charge in [-0.05, 0) is 13.0 Å². The smallest absolute Gasteiger partial charge is 0.173 e. The van der Waals surface area contributed by atoms with E-state index in [-0.39, 0.29) is 28.9 Å². The molecule has 0 aliphatic heterocycles. The van der Waals surface area contributed by atoms with Gasteiger partial charge >= 0.3 is 0 Å². The van der Waals surface area contributed by atoms with E-state index in [1.54, 1.807) is 13.0 Å². The van der Waals surface area contributed by atoms with Gasteiger partial charge in [0, 0.05) is 22.4 Å². The quantitative estimate of drug-likeness (QED) is 0.548. The maximum Gasteiger partial charge on any atom is 0.173 e. The fourth-order valence-electron chi connectivity index (χ4n) is 2.66. The minimum Gasteiger partial charge on any atom is -0.505 e. The lowest BCUT2D eigenvalue weighted by Crippen LogP contribution is -1.94. The number of nitrogens with zero attached hydrogens (tertiary/aromatic N) is 2. The van der Waals surface area contributed by atoms with Crippen LogP contribution in [0.15, 0.2) is 29.1 Å². The Morgan fingerprint density at radius 1 is 1.22 bits per heavy atom. The summed E-state index contributed by atoms with van der Waals surface area (Å²) in [5.41, 5.74) is 1.50. The zero-order valence-electron chi connectivity index (χ0n) is 11.7. The average Bonchev–Trinajstić information content (AvgIpc) is 3.13. The second-order valence-corrected chi connectivity index (χ2v) is 4.95. The van der Waals surface area contributed by atoms with E-state index in [0.29, 0.717) is 22.3 Å². The van der Waals surface area contributed by atoms with Gasteiger partial charge in [0.15, 0.2) is 17.2 Å². The van der Waals surface area contributed by atoms with Crippen LogP contribution in [0.4, 0.5) is 8.78 Å². The molecule has 2 N–H and O–H groups in total. The predicted molar refractivity (Wildman–Crippen MR) is 82.7 cm³/mol. The number of hydrogen-bond donors (Lipinski definition) is 2. The Morgan fingerprint density at radius 3 is 2.70 bits per heavy atom. The van der Waals surface area contributed by atoms with Crippen molar-refractivity contribution in [2.24, 2.45) is 0 Å². The Kier molecular flexibility index (Phi) is 3.45. The monoisotopic (exact) mass is 337 g/mol. The van der Waals surface area contributed by atoms with Crippen molar-refractivity contribution in [2.75, 3.05) is 0 Å². The molecule has 3 heterocycles. The molecule has 23 heavy (non-hydrogen) atoms. The second-order valence-electron chi connectivity index (χ2n) is 4.95. The summed E-state index contributed by atoms with van der Waals surface area (Å²) in [6.07, 6.45) is 2.81. The highest BCUT2D eigenvalue weighted by Gasteiger charge is 2.22. The van der Waals surface area contributed by atoms with Crippen LogP contribution in [0, 0.1) is 18.6 Å². The molecule has 1 aromatic carbocycles. The van der Waals surface area contributed by atoms with Gasteiger partial charge in [-0.3, -0.25) is 5.10 Å². The third-order valence-corrected chi connectivity index (χ3v) is 3.63. The number of furan rings is 1. The molecule has 0 spiro atoms. The van der Waals surface area contributed by atoms with Gasteiger partial charge in [-0.1, -0.05) is 0 Å². The summed E-state index contributed by atoms with van der Waals surface area (Å²) in [5, 5.41) is 16.6. The van der Waals surface area contributed by atoms with Crippen LogP contribution in [-0.2, 0) is 0 Å². The maximum absolute atomic E-state index is 14.5. The van der Waals surface area contributed by atoms with Crippen molar-refractivity contribution >= 4 is 34.2 Å².